The molecule has 206 valence electrons. The van der Waals surface area contributed by atoms with Crippen molar-refractivity contribution in [3.63, 3.8) is 0 Å². The molecule has 0 saturated heterocycles. The van der Waals surface area contributed by atoms with Gasteiger partial charge in [0, 0.05) is 12.1 Å². The summed E-state index contributed by atoms with van der Waals surface area (Å²) in [6.45, 7) is 6.65. The summed E-state index contributed by atoms with van der Waals surface area (Å²) in [5.41, 5.74) is 0.0293. The van der Waals surface area contributed by atoms with Crippen molar-refractivity contribution >= 4 is 5.69 Å². The van der Waals surface area contributed by atoms with Crippen LogP contribution in [-0.2, 0) is 28.4 Å². The first-order chi connectivity index (χ1) is 18.3. The summed E-state index contributed by atoms with van der Waals surface area (Å²) in [6, 6.07) is 15.5. The number of benzene rings is 2. The van der Waals surface area contributed by atoms with Crippen LogP contribution in [0.4, 0.5) is 5.69 Å². The fourth-order valence-corrected chi connectivity index (χ4v) is 2.82. The molecule has 0 unspecified atom stereocenters. The van der Waals surface area contributed by atoms with Gasteiger partial charge in [-0.2, -0.15) is 0 Å². The average molecular weight is 524 g/mol. The molecule has 0 N–H and O–H groups in total. The van der Waals surface area contributed by atoms with Gasteiger partial charge in [-0.1, -0.05) is 18.2 Å². The Morgan fingerprint density at radius 1 is 0.459 bits per heavy atom. The number of hydrogen-bond acceptors (Lipinski definition) is 10. The second-order valence-corrected chi connectivity index (χ2v) is 7.44. The summed E-state index contributed by atoms with van der Waals surface area (Å²) in [4.78, 5) is 10.2. The van der Waals surface area contributed by atoms with Crippen LogP contribution in [0.3, 0.4) is 0 Å². The summed E-state index contributed by atoms with van der Waals surface area (Å²) in [7, 11) is 0. The van der Waals surface area contributed by atoms with E-state index in [4.69, 9.17) is 37.9 Å². The Kier molecular flexibility index (Phi) is 17.5. The van der Waals surface area contributed by atoms with Crippen molar-refractivity contribution in [3.05, 3.63) is 64.7 Å². The van der Waals surface area contributed by atoms with Crippen molar-refractivity contribution < 1.29 is 42.8 Å². The van der Waals surface area contributed by atoms with Gasteiger partial charge >= 0.3 is 0 Å². The molecule has 0 radical (unpaired) electrons. The highest BCUT2D eigenvalue weighted by atomic mass is 16.6. The summed E-state index contributed by atoms with van der Waals surface area (Å²) in [5, 5.41) is 10.6. The lowest BCUT2D eigenvalue weighted by Crippen LogP contribution is -2.15. The van der Waals surface area contributed by atoms with Gasteiger partial charge in [-0.25, -0.2) is 0 Å². The number of ether oxygens (including phenoxy) is 8. The Labute approximate surface area is 217 Å². The number of nitro benzene ring substituents is 1. The zero-order valence-corrected chi connectivity index (χ0v) is 21.1. The van der Waals surface area contributed by atoms with E-state index >= 15 is 0 Å². The molecule has 0 aliphatic carbocycles. The first-order valence-corrected chi connectivity index (χ1v) is 12.3. The first-order valence-electron chi connectivity index (χ1n) is 12.3. The fourth-order valence-electron chi connectivity index (χ4n) is 2.82. The molecule has 11 nitrogen and oxygen atoms in total. The Balaban J connectivity index is 1.22. The average Bonchev–Trinajstić information content (AvgIpc) is 2.92. The summed E-state index contributed by atoms with van der Waals surface area (Å²) < 4.78 is 43.6. The van der Waals surface area contributed by atoms with Gasteiger partial charge in [-0.3, -0.25) is 10.1 Å². The van der Waals surface area contributed by atoms with Crippen molar-refractivity contribution in [3.8, 4) is 11.5 Å². The van der Waals surface area contributed by atoms with E-state index in [2.05, 4.69) is 0 Å². The maximum Gasteiger partial charge on any atom is 0.269 e. The van der Waals surface area contributed by atoms with Crippen LogP contribution in [-0.4, -0.2) is 97.4 Å². The molecule has 0 amide bonds. The lowest BCUT2D eigenvalue weighted by atomic mass is 10.3. The predicted molar refractivity (Wildman–Crippen MR) is 135 cm³/mol. The molecule has 0 bridgehead atoms. The van der Waals surface area contributed by atoms with Crippen molar-refractivity contribution in [1.82, 2.24) is 0 Å². The van der Waals surface area contributed by atoms with Crippen LogP contribution >= 0.6 is 0 Å². The van der Waals surface area contributed by atoms with Crippen LogP contribution in [0.5, 0.6) is 11.5 Å². The van der Waals surface area contributed by atoms with E-state index in [1.165, 1.54) is 12.1 Å². The Morgan fingerprint density at radius 3 is 1.14 bits per heavy atom. The number of nitro groups is 1. The second kappa shape index (κ2) is 21.3. The van der Waals surface area contributed by atoms with Crippen molar-refractivity contribution in [1.29, 1.82) is 0 Å². The minimum atomic E-state index is -0.450. The van der Waals surface area contributed by atoms with E-state index in [1.54, 1.807) is 12.1 Å². The summed E-state index contributed by atoms with van der Waals surface area (Å²) in [5.74, 6) is 1.40. The standard InChI is InChI=1S/C26H37NO10/c28-27(29)24-6-8-26(9-7-24)37-23-21-35-19-17-33-15-13-31-11-10-30-12-14-32-16-18-34-20-22-36-25-4-2-1-3-5-25/h1-9H,10-23H2. The summed E-state index contributed by atoms with van der Waals surface area (Å²) >= 11 is 0. The van der Waals surface area contributed by atoms with E-state index in [-0.39, 0.29) is 5.69 Å². The number of non-ortho nitro benzene ring substituents is 1. The van der Waals surface area contributed by atoms with Gasteiger partial charge in [0.15, 0.2) is 0 Å². The molecule has 0 heterocycles. The molecule has 37 heavy (non-hydrogen) atoms. The Hall–Kier alpha value is -2.80. The molecule has 0 saturated carbocycles. The molecule has 2 aromatic rings. The molecule has 2 rings (SSSR count). The minimum absolute atomic E-state index is 0.0293. The van der Waals surface area contributed by atoms with Gasteiger partial charge < -0.3 is 37.9 Å². The third-order valence-electron chi connectivity index (χ3n) is 4.64. The molecule has 2 aromatic carbocycles. The molecule has 11 heteroatoms. The van der Waals surface area contributed by atoms with Gasteiger partial charge in [0.25, 0.3) is 5.69 Å². The third kappa shape index (κ3) is 16.5. The molecule has 0 aliphatic rings. The van der Waals surface area contributed by atoms with E-state index in [0.717, 1.165) is 5.75 Å². The quantitative estimate of drug-likeness (QED) is 0.115. The van der Waals surface area contributed by atoms with Gasteiger partial charge in [0.2, 0.25) is 0 Å². The maximum absolute atomic E-state index is 10.6. The lowest BCUT2D eigenvalue weighted by molar-refractivity contribution is -0.384. The maximum atomic E-state index is 10.6. The molecular formula is C26H37NO10. The predicted octanol–water partition coefficient (Wildman–Crippen LogP) is 3.15. The number of hydrogen-bond donors (Lipinski definition) is 0. The highest BCUT2D eigenvalue weighted by Gasteiger charge is 2.04. The van der Waals surface area contributed by atoms with Crippen LogP contribution < -0.4 is 9.47 Å². The van der Waals surface area contributed by atoms with Gasteiger partial charge in [0.05, 0.1) is 84.2 Å². The number of nitrogens with zero attached hydrogens (tertiary/aromatic N) is 1. The van der Waals surface area contributed by atoms with Gasteiger partial charge in [-0.15, -0.1) is 0 Å². The molecular weight excluding hydrogens is 486 g/mol. The minimum Gasteiger partial charge on any atom is -0.491 e. The Morgan fingerprint density at radius 2 is 0.784 bits per heavy atom. The van der Waals surface area contributed by atoms with Crippen LogP contribution in [0, 0.1) is 10.1 Å². The van der Waals surface area contributed by atoms with Gasteiger partial charge in [-0.05, 0) is 24.3 Å². The van der Waals surface area contributed by atoms with Crippen LogP contribution in [0.1, 0.15) is 0 Å². The van der Waals surface area contributed by atoms with Crippen molar-refractivity contribution in [2.75, 3.05) is 92.5 Å². The molecule has 0 spiro atoms. The SMILES string of the molecule is O=[N+]([O-])c1ccc(OCCOCCOCCOCCOCCOCCOCCOc2ccccc2)cc1. The van der Waals surface area contributed by atoms with Crippen molar-refractivity contribution in [2.45, 2.75) is 0 Å². The zero-order chi connectivity index (χ0) is 26.2. The van der Waals surface area contributed by atoms with E-state index < -0.39 is 4.92 Å². The molecule has 0 aliphatic heterocycles. The van der Waals surface area contributed by atoms with Crippen LogP contribution in [0.15, 0.2) is 54.6 Å². The fraction of sp³-hybridized carbons (Fsp3) is 0.538. The van der Waals surface area contributed by atoms with E-state index in [1.807, 2.05) is 30.3 Å². The highest BCUT2D eigenvalue weighted by Crippen LogP contribution is 2.17. The normalized spacial score (nSPS) is 10.9. The van der Waals surface area contributed by atoms with Crippen LogP contribution in [0.25, 0.3) is 0 Å². The third-order valence-corrected chi connectivity index (χ3v) is 4.64. The van der Waals surface area contributed by atoms with Crippen molar-refractivity contribution in [2.24, 2.45) is 0 Å². The topological polar surface area (TPSA) is 117 Å². The smallest absolute Gasteiger partial charge is 0.269 e. The summed E-state index contributed by atoms with van der Waals surface area (Å²) in [6.07, 6.45) is 0. The second-order valence-electron chi connectivity index (χ2n) is 7.44. The van der Waals surface area contributed by atoms with E-state index in [0.29, 0.717) is 98.2 Å². The van der Waals surface area contributed by atoms with E-state index in [9.17, 15) is 10.1 Å². The van der Waals surface area contributed by atoms with Gasteiger partial charge in [0.1, 0.15) is 24.7 Å². The zero-order valence-electron chi connectivity index (χ0n) is 21.1. The number of para-hydroxylation sites is 1. The Bertz CT molecular complexity index is 807. The molecule has 0 aromatic heterocycles. The molecule has 0 atom stereocenters. The largest absolute Gasteiger partial charge is 0.491 e. The highest BCUT2D eigenvalue weighted by molar-refractivity contribution is 5.35. The molecule has 0 fully saturated rings. The monoisotopic (exact) mass is 523 g/mol. The number of rotatable bonds is 24. The lowest BCUT2D eigenvalue weighted by Gasteiger charge is -2.09. The first kappa shape index (κ1) is 30.4. The van der Waals surface area contributed by atoms with Crippen LogP contribution in [0.2, 0.25) is 0 Å².